The molecule has 9 nitrogen and oxygen atoms in total. The van der Waals surface area contributed by atoms with Crippen molar-refractivity contribution in [3.05, 3.63) is 48.5 Å². The largest absolute Gasteiger partial charge is 0.372 e. The van der Waals surface area contributed by atoms with Gasteiger partial charge in [-0.3, -0.25) is 19.6 Å². The zero-order chi connectivity index (χ0) is 19.4. The summed E-state index contributed by atoms with van der Waals surface area (Å²) in [4.78, 5) is 35.8. The molecule has 3 rings (SSSR count). The fourth-order valence-corrected chi connectivity index (χ4v) is 2.59. The number of nitrogens with two attached hydrogens (primary N) is 2. The van der Waals surface area contributed by atoms with Crippen LogP contribution in [0.15, 0.2) is 42.9 Å². The Kier molecular flexibility index (Phi) is 5.11. The maximum Gasteiger partial charge on any atom is 0.269 e. The maximum absolute atomic E-state index is 11.7. The minimum Gasteiger partial charge on any atom is -0.372 e. The van der Waals surface area contributed by atoms with Gasteiger partial charge in [0.1, 0.15) is 6.04 Å². The van der Waals surface area contributed by atoms with Crippen LogP contribution in [0.4, 0.5) is 17.1 Å². The van der Waals surface area contributed by atoms with Gasteiger partial charge in [0.25, 0.3) is 5.91 Å². The van der Waals surface area contributed by atoms with Gasteiger partial charge in [-0.25, -0.2) is 4.98 Å². The van der Waals surface area contributed by atoms with Gasteiger partial charge in [0, 0.05) is 6.20 Å². The van der Waals surface area contributed by atoms with E-state index in [1.165, 1.54) is 6.20 Å². The van der Waals surface area contributed by atoms with Crippen LogP contribution in [0.1, 0.15) is 23.8 Å². The van der Waals surface area contributed by atoms with Gasteiger partial charge in [-0.1, -0.05) is 6.92 Å². The lowest BCUT2D eigenvalue weighted by Crippen LogP contribution is -2.34. The number of hydrogen-bond donors (Lipinski definition) is 4. The summed E-state index contributed by atoms with van der Waals surface area (Å²) < 4.78 is 0. The van der Waals surface area contributed by atoms with Crippen molar-refractivity contribution in [3.8, 4) is 0 Å². The van der Waals surface area contributed by atoms with Crippen molar-refractivity contribution in [1.29, 1.82) is 0 Å². The number of carbonyl (C=O) groups excluding carboxylic acids is 2. The van der Waals surface area contributed by atoms with E-state index in [0.29, 0.717) is 29.0 Å². The van der Waals surface area contributed by atoms with Crippen molar-refractivity contribution in [3.63, 3.8) is 0 Å². The molecule has 1 unspecified atom stereocenters. The highest BCUT2D eigenvalue weighted by Gasteiger charge is 2.16. The van der Waals surface area contributed by atoms with Crippen molar-refractivity contribution >= 4 is 39.9 Å². The minimum atomic E-state index is -0.683. The molecule has 3 aromatic rings. The topological polar surface area (TPSA) is 149 Å². The molecule has 0 saturated heterocycles. The Hall–Kier alpha value is -3.75. The van der Waals surface area contributed by atoms with Gasteiger partial charge in [0.2, 0.25) is 5.91 Å². The van der Waals surface area contributed by atoms with Crippen LogP contribution in [0.25, 0.3) is 11.0 Å². The number of nitrogens with zero attached hydrogens (tertiary/aromatic N) is 3. The molecule has 0 aliphatic carbocycles. The third-order valence-corrected chi connectivity index (χ3v) is 3.94. The number of primary amides is 2. The molecule has 2 amide bonds. The first kappa shape index (κ1) is 18.1. The van der Waals surface area contributed by atoms with Gasteiger partial charge in [0.15, 0.2) is 5.69 Å². The first-order valence-electron chi connectivity index (χ1n) is 8.31. The molecule has 6 N–H and O–H groups in total. The number of amides is 2. The second kappa shape index (κ2) is 7.65. The Morgan fingerprint density at radius 3 is 2.56 bits per heavy atom. The average molecular weight is 365 g/mol. The van der Waals surface area contributed by atoms with Crippen molar-refractivity contribution in [1.82, 2.24) is 15.0 Å². The number of rotatable bonds is 7. The minimum absolute atomic E-state index is 0.0637. The van der Waals surface area contributed by atoms with Gasteiger partial charge in [0.05, 0.1) is 40.5 Å². The second-order valence-electron chi connectivity index (χ2n) is 5.88. The molecular formula is C18H19N7O2. The summed E-state index contributed by atoms with van der Waals surface area (Å²) in [7, 11) is 0. The van der Waals surface area contributed by atoms with Crippen LogP contribution < -0.4 is 22.1 Å². The number of aromatic nitrogens is 3. The Balaban J connectivity index is 1.94. The normalized spacial score (nSPS) is 11.7. The van der Waals surface area contributed by atoms with Crippen molar-refractivity contribution in [2.45, 2.75) is 19.4 Å². The third-order valence-electron chi connectivity index (χ3n) is 3.94. The molecule has 0 saturated carbocycles. The molecule has 0 bridgehead atoms. The van der Waals surface area contributed by atoms with E-state index in [2.05, 4.69) is 25.6 Å². The van der Waals surface area contributed by atoms with Crippen LogP contribution in [0.3, 0.4) is 0 Å². The highest BCUT2D eigenvalue weighted by Crippen LogP contribution is 2.24. The summed E-state index contributed by atoms with van der Waals surface area (Å²) in [6.45, 7) is 1.83. The Bertz CT molecular complexity index is 1010. The first-order valence-corrected chi connectivity index (χ1v) is 8.31. The monoisotopic (exact) mass is 365 g/mol. The summed E-state index contributed by atoms with van der Waals surface area (Å²) in [5, 5.41) is 6.08. The highest BCUT2D eigenvalue weighted by molar-refractivity contribution is 5.98. The molecule has 0 aliphatic heterocycles. The summed E-state index contributed by atoms with van der Waals surface area (Å²) >= 11 is 0. The van der Waals surface area contributed by atoms with Gasteiger partial charge in [-0.15, -0.1) is 0 Å². The number of hydrogen-bond acceptors (Lipinski definition) is 7. The molecular weight excluding hydrogens is 346 g/mol. The summed E-state index contributed by atoms with van der Waals surface area (Å²) in [5.74, 6) is -1.16. The predicted octanol–water partition coefficient (Wildman–Crippen LogP) is 1.54. The lowest BCUT2D eigenvalue weighted by atomic mass is 10.2. The van der Waals surface area contributed by atoms with E-state index >= 15 is 0 Å². The number of carbonyl (C=O) groups is 2. The van der Waals surface area contributed by atoms with Gasteiger partial charge < -0.3 is 22.1 Å². The lowest BCUT2D eigenvalue weighted by molar-refractivity contribution is -0.118. The van der Waals surface area contributed by atoms with E-state index in [-0.39, 0.29) is 5.69 Å². The fourth-order valence-electron chi connectivity index (χ4n) is 2.59. The molecule has 27 heavy (non-hydrogen) atoms. The summed E-state index contributed by atoms with van der Waals surface area (Å²) in [6.07, 6.45) is 5.23. The van der Waals surface area contributed by atoms with E-state index in [1.807, 2.05) is 13.0 Å². The molecule has 0 radical (unpaired) electrons. The summed E-state index contributed by atoms with van der Waals surface area (Å²) in [6, 6.07) is 6.54. The van der Waals surface area contributed by atoms with Gasteiger partial charge in [-0.05, 0) is 30.7 Å². The van der Waals surface area contributed by atoms with Crippen LogP contribution in [0.2, 0.25) is 0 Å². The van der Waals surface area contributed by atoms with Crippen LogP contribution in [-0.2, 0) is 4.79 Å². The number of anilines is 3. The molecule has 0 aromatic carbocycles. The second-order valence-corrected chi connectivity index (χ2v) is 5.88. The molecule has 1 atom stereocenters. The lowest BCUT2D eigenvalue weighted by Gasteiger charge is -2.16. The number of fused-ring (bicyclic) bond motifs is 1. The zero-order valence-corrected chi connectivity index (χ0v) is 14.6. The molecule has 138 valence electrons. The third kappa shape index (κ3) is 4.09. The predicted molar refractivity (Wildman–Crippen MR) is 102 cm³/mol. The molecule has 3 heterocycles. The van der Waals surface area contributed by atoms with Gasteiger partial charge in [-0.2, -0.15) is 0 Å². The van der Waals surface area contributed by atoms with E-state index in [9.17, 15) is 9.59 Å². The molecule has 0 spiro atoms. The van der Waals surface area contributed by atoms with Crippen LogP contribution in [0, 0.1) is 0 Å². The van der Waals surface area contributed by atoms with E-state index in [0.717, 1.165) is 5.52 Å². The summed E-state index contributed by atoms with van der Waals surface area (Å²) in [5.41, 5.74) is 13.8. The standard InChI is InChI=1S/C18H19N7O2/c1-2-12(17(19)26)24-11-7-15(16(18(20)27)23-9-11)25-10-6-14-13(22-8-10)4-3-5-21-14/h3-9,12,24-25H,2H2,1H3,(H2,19,26)(H2,20,27). The molecule has 0 fully saturated rings. The Labute approximate surface area is 155 Å². The van der Waals surface area contributed by atoms with E-state index < -0.39 is 17.9 Å². The van der Waals surface area contributed by atoms with E-state index in [1.54, 1.807) is 30.6 Å². The number of pyridine rings is 3. The number of nitrogens with one attached hydrogen (secondary N) is 2. The fraction of sp³-hybridized carbons (Fsp3) is 0.167. The quantitative estimate of drug-likeness (QED) is 0.496. The smallest absolute Gasteiger partial charge is 0.269 e. The molecule has 9 heteroatoms. The molecule has 0 aliphatic rings. The average Bonchev–Trinajstić information content (AvgIpc) is 2.65. The van der Waals surface area contributed by atoms with E-state index in [4.69, 9.17) is 11.5 Å². The van der Waals surface area contributed by atoms with Gasteiger partial charge >= 0.3 is 0 Å². The first-order chi connectivity index (χ1) is 13.0. The van der Waals surface area contributed by atoms with Crippen LogP contribution in [0.5, 0.6) is 0 Å². The van der Waals surface area contributed by atoms with Crippen LogP contribution >= 0.6 is 0 Å². The van der Waals surface area contributed by atoms with Crippen molar-refractivity contribution in [2.24, 2.45) is 11.5 Å². The maximum atomic E-state index is 11.7. The SMILES string of the molecule is CCC(Nc1cnc(C(N)=O)c(Nc2cnc3cccnc3c2)c1)C(N)=O. The Morgan fingerprint density at radius 1 is 1.07 bits per heavy atom. The van der Waals surface area contributed by atoms with Crippen molar-refractivity contribution in [2.75, 3.05) is 10.6 Å². The Morgan fingerprint density at radius 2 is 1.85 bits per heavy atom. The zero-order valence-electron chi connectivity index (χ0n) is 14.6. The molecule has 3 aromatic heterocycles. The highest BCUT2D eigenvalue weighted by atomic mass is 16.1. The van der Waals surface area contributed by atoms with Crippen molar-refractivity contribution < 1.29 is 9.59 Å². The van der Waals surface area contributed by atoms with Crippen LogP contribution in [-0.4, -0.2) is 32.8 Å².